The number of allylic oxidation sites excluding steroid dienone is 1. The van der Waals surface area contributed by atoms with Crippen LogP contribution in [0.1, 0.15) is 58.3 Å². The van der Waals surface area contributed by atoms with E-state index >= 15 is 0 Å². The Morgan fingerprint density at radius 2 is 1.95 bits per heavy atom. The van der Waals surface area contributed by atoms with Crippen LogP contribution in [0.5, 0.6) is 0 Å². The molecule has 0 aliphatic carbocycles. The molecule has 128 valence electrons. The molecule has 1 fully saturated rings. The summed E-state index contributed by atoms with van der Waals surface area (Å²) in [4.78, 5) is 10.4. The Hall–Kier alpha value is -0.480. The second kappa shape index (κ2) is 13.0. The maximum Gasteiger partial charge on any atom is 0.303 e. The first-order chi connectivity index (χ1) is 10.7. The molecule has 1 saturated heterocycles. The first kappa shape index (κ1) is 19.6. The number of carbonyl (C=O) groups is 1. The van der Waals surface area contributed by atoms with Gasteiger partial charge in [-0.05, 0) is 49.0 Å². The number of thioether (sulfide) groups is 1. The van der Waals surface area contributed by atoms with Crippen LogP contribution >= 0.6 is 11.8 Å². The lowest BCUT2D eigenvalue weighted by atomic mass is 9.91. The highest BCUT2D eigenvalue weighted by Crippen LogP contribution is 2.33. The Morgan fingerprint density at radius 3 is 2.73 bits per heavy atom. The van der Waals surface area contributed by atoms with Crippen LogP contribution in [0.15, 0.2) is 12.2 Å². The molecule has 0 amide bonds. The second-order valence-electron chi connectivity index (χ2n) is 6.15. The Bertz CT molecular complexity index is 317. The van der Waals surface area contributed by atoms with Crippen molar-refractivity contribution in [3.63, 3.8) is 0 Å². The minimum atomic E-state index is -0.668. The SMILES string of the molecule is CCC=CCCOCC1CSCC1CCCCCCC(=O)O. The molecule has 4 heteroatoms. The molecular formula is C18H32O3S. The predicted octanol–water partition coefficient (Wildman–Crippen LogP) is 4.76. The predicted molar refractivity (Wildman–Crippen MR) is 94.5 cm³/mol. The number of ether oxygens (including phenoxy) is 1. The van der Waals surface area contributed by atoms with Crippen molar-refractivity contribution in [3.8, 4) is 0 Å². The first-order valence-corrected chi connectivity index (χ1v) is 9.91. The smallest absolute Gasteiger partial charge is 0.303 e. The van der Waals surface area contributed by atoms with E-state index in [0.29, 0.717) is 6.42 Å². The van der Waals surface area contributed by atoms with Crippen molar-refractivity contribution < 1.29 is 14.6 Å². The molecule has 1 aliphatic rings. The highest BCUT2D eigenvalue weighted by molar-refractivity contribution is 7.99. The number of hydrogen-bond acceptors (Lipinski definition) is 3. The molecule has 1 heterocycles. The van der Waals surface area contributed by atoms with Crippen molar-refractivity contribution in [3.05, 3.63) is 12.2 Å². The zero-order valence-electron chi connectivity index (χ0n) is 14.0. The molecule has 0 spiro atoms. The summed E-state index contributed by atoms with van der Waals surface area (Å²) in [6, 6.07) is 0. The fraction of sp³-hybridized carbons (Fsp3) is 0.833. The van der Waals surface area contributed by atoms with E-state index in [2.05, 4.69) is 30.8 Å². The van der Waals surface area contributed by atoms with Gasteiger partial charge in [0.15, 0.2) is 0 Å². The third-order valence-electron chi connectivity index (χ3n) is 4.21. The molecular weight excluding hydrogens is 296 g/mol. The van der Waals surface area contributed by atoms with Gasteiger partial charge in [-0.25, -0.2) is 0 Å². The Labute approximate surface area is 139 Å². The molecule has 1 aliphatic heterocycles. The molecule has 0 bridgehead atoms. The van der Waals surface area contributed by atoms with Gasteiger partial charge in [0.25, 0.3) is 0 Å². The van der Waals surface area contributed by atoms with E-state index in [0.717, 1.165) is 50.7 Å². The zero-order chi connectivity index (χ0) is 16.0. The van der Waals surface area contributed by atoms with Crippen LogP contribution in [0.25, 0.3) is 0 Å². The van der Waals surface area contributed by atoms with Gasteiger partial charge in [0, 0.05) is 6.42 Å². The zero-order valence-corrected chi connectivity index (χ0v) is 14.8. The fourth-order valence-electron chi connectivity index (χ4n) is 2.85. The van der Waals surface area contributed by atoms with Gasteiger partial charge in [-0.3, -0.25) is 4.79 Å². The number of aliphatic carboxylic acids is 1. The van der Waals surface area contributed by atoms with Crippen LogP contribution in [-0.2, 0) is 9.53 Å². The quantitative estimate of drug-likeness (QED) is 0.391. The topological polar surface area (TPSA) is 46.5 Å². The lowest BCUT2D eigenvalue weighted by Crippen LogP contribution is -2.18. The van der Waals surface area contributed by atoms with Crippen LogP contribution in [0.3, 0.4) is 0 Å². The largest absolute Gasteiger partial charge is 0.481 e. The molecule has 3 nitrogen and oxygen atoms in total. The van der Waals surface area contributed by atoms with Crippen molar-refractivity contribution in [1.29, 1.82) is 0 Å². The molecule has 2 unspecified atom stereocenters. The molecule has 0 aromatic carbocycles. The Morgan fingerprint density at radius 1 is 1.18 bits per heavy atom. The summed E-state index contributed by atoms with van der Waals surface area (Å²) in [6.45, 7) is 3.91. The van der Waals surface area contributed by atoms with Crippen molar-refractivity contribution >= 4 is 17.7 Å². The maximum atomic E-state index is 10.4. The lowest BCUT2D eigenvalue weighted by Gasteiger charge is -2.18. The molecule has 0 radical (unpaired) electrons. The van der Waals surface area contributed by atoms with Crippen LogP contribution < -0.4 is 0 Å². The van der Waals surface area contributed by atoms with E-state index in [1.54, 1.807) is 0 Å². The Kier molecular flexibility index (Phi) is 11.6. The van der Waals surface area contributed by atoms with E-state index in [9.17, 15) is 4.79 Å². The summed E-state index contributed by atoms with van der Waals surface area (Å²) >= 11 is 2.06. The number of carboxylic acid groups (broad SMARTS) is 1. The van der Waals surface area contributed by atoms with E-state index < -0.39 is 5.97 Å². The molecule has 1 N–H and O–H groups in total. The third kappa shape index (κ3) is 9.52. The van der Waals surface area contributed by atoms with E-state index in [4.69, 9.17) is 9.84 Å². The molecule has 2 atom stereocenters. The van der Waals surface area contributed by atoms with Gasteiger partial charge >= 0.3 is 5.97 Å². The number of carboxylic acids is 1. The number of rotatable bonds is 13. The van der Waals surface area contributed by atoms with E-state index in [1.165, 1.54) is 30.8 Å². The van der Waals surface area contributed by atoms with Crippen LogP contribution in [0.2, 0.25) is 0 Å². The van der Waals surface area contributed by atoms with Gasteiger partial charge in [0.2, 0.25) is 0 Å². The van der Waals surface area contributed by atoms with Gasteiger partial charge < -0.3 is 9.84 Å². The Balaban J connectivity index is 2.02. The highest BCUT2D eigenvalue weighted by atomic mass is 32.2. The first-order valence-electron chi connectivity index (χ1n) is 8.76. The standard InChI is InChI=1S/C18H32O3S/c1-2-3-4-9-12-21-13-17-15-22-14-16(17)10-7-5-6-8-11-18(19)20/h3-4,16-17H,2,5-15H2,1H3,(H,19,20). The van der Waals surface area contributed by atoms with Crippen molar-refractivity contribution in [1.82, 2.24) is 0 Å². The average molecular weight is 329 g/mol. The third-order valence-corrected chi connectivity index (χ3v) is 5.54. The van der Waals surface area contributed by atoms with Gasteiger partial charge in [0.1, 0.15) is 0 Å². The van der Waals surface area contributed by atoms with Gasteiger partial charge in [-0.1, -0.05) is 38.3 Å². The van der Waals surface area contributed by atoms with Crippen molar-refractivity contribution in [2.24, 2.45) is 11.8 Å². The van der Waals surface area contributed by atoms with Gasteiger partial charge in [0.05, 0.1) is 13.2 Å². The summed E-state index contributed by atoms with van der Waals surface area (Å²) in [5.74, 6) is 3.38. The van der Waals surface area contributed by atoms with Crippen LogP contribution in [0.4, 0.5) is 0 Å². The van der Waals surface area contributed by atoms with Gasteiger partial charge in [-0.2, -0.15) is 11.8 Å². The number of unbranched alkanes of at least 4 members (excludes halogenated alkanes) is 3. The summed E-state index contributed by atoms with van der Waals surface area (Å²) in [7, 11) is 0. The van der Waals surface area contributed by atoms with Crippen molar-refractivity contribution in [2.45, 2.75) is 58.3 Å². The number of hydrogen-bond donors (Lipinski definition) is 1. The van der Waals surface area contributed by atoms with Gasteiger partial charge in [-0.15, -0.1) is 0 Å². The van der Waals surface area contributed by atoms with Crippen molar-refractivity contribution in [2.75, 3.05) is 24.7 Å². The summed E-state index contributed by atoms with van der Waals surface area (Å²) < 4.78 is 5.84. The van der Waals surface area contributed by atoms with E-state index in [1.807, 2.05) is 0 Å². The second-order valence-corrected chi connectivity index (χ2v) is 7.22. The minimum absolute atomic E-state index is 0.322. The molecule has 22 heavy (non-hydrogen) atoms. The molecule has 1 rings (SSSR count). The summed E-state index contributed by atoms with van der Waals surface area (Å²) in [6.07, 6.45) is 12.4. The van der Waals surface area contributed by atoms with Crippen LogP contribution in [-0.4, -0.2) is 35.8 Å². The molecule has 0 saturated carbocycles. The molecule has 0 aromatic rings. The van der Waals surface area contributed by atoms with Crippen LogP contribution in [0, 0.1) is 11.8 Å². The fourth-order valence-corrected chi connectivity index (χ4v) is 4.40. The maximum absolute atomic E-state index is 10.4. The summed E-state index contributed by atoms with van der Waals surface area (Å²) in [5, 5.41) is 8.61. The van der Waals surface area contributed by atoms with E-state index in [-0.39, 0.29) is 0 Å². The summed E-state index contributed by atoms with van der Waals surface area (Å²) in [5.41, 5.74) is 0. The molecule has 0 aromatic heterocycles. The lowest BCUT2D eigenvalue weighted by molar-refractivity contribution is -0.137. The highest BCUT2D eigenvalue weighted by Gasteiger charge is 2.27. The monoisotopic (exact) mass is 328 g/mol. The minimum Gasteiger partial charge on any atom is -0.481 e. The average Bonchev–Trinajstić information content (AvgIpc) is 2.93. The normalized spacial score (nSPS) is 21.7.